The van der Waals surface area contributed by atoms with E-state index in [0.29, 0.717) is 17.5 Å². The molecule has 0 saturated heterocycles. The van der Waals surface area contributed by atoms with Crippen molar-refractivity contribution in [3.05, 3.63) is 94.5 Å². The van der Waals surface area contributed by atoms with Crippen LogP contribution in [0.15, 0.2) is 93.6 Å². The van der Waals surface area contributed by atoms with Crippen LogP contribution in [0.4, 0.5) is 5.69 Å². The van der Waals surface area contributed by atoms with Crippen LogP contribution >= 0.6 is 15.9 Å². The monoisotopic (exact) mass is 477 g/mol. The lowest BCUT2D eigenvalue weighted by Gasteiger charge is -2.07. The van der Waals surface area contributed by atoms with Crippen LogP contribution in [0.5, 0.6) is 5.88 Å². The van der Waals surface area contributed by atoms with Gasteiger partial charge in [-0.3, -0.25) is 4.79 Å². The molecule has 0 aliphatic carbocycles. The molecule has 1 heterocycles. The molecule has 0 bridgehead atoms. The zero-order chi connectivity index (χ0) is 21.8. The van der Waals surface area contributed by atoms with Gasteiger partial charge in [-0.15, -0.1) is 10.2 Å². The number of hydrogen-bond acceptors (Lipinski definition) is 4. The highest BCUT2D eigenvalue weighted by Crippen LogP contribution is 2.40. The maximum atomic E-state index is 12.3. The maximum absolute atomic E-state index is 12.3. The van der Waals surface area contributed by atoms with Crippen LogP contribution in [-0.2, 0) is 17.8 Å². The van der Waals surface area contributed by atoms with Crippen molar-refractivity contribution in [1.82, 2.24) is 4.57 Å². The van der Waals surface area contributed by atoms with Gasteiger partial charge in [-0.25, -0.2) is 0 Å². The van der Waals surface area contributed by atoms with E-state index in [9.17, 15) is 15.0 Å². The molecule has 0 saturated carbocycles. The summed E-state index contributed by atoms with van der Waals surface area (Å²) >= 11 is 3.44. The molecule has 156 valence electrons. The van der Waals surface area contributed by atoms with Gasteiger partial charge in [-0.1, -0.05) is 76.6 Å². The number of azo groups is 1. The number of aromatic hydroxyl groups is 1. The minimum atomic E-state index is -1.41. The van der Waals surface area contributed by atoms with Crippen molar-refractivity contribution in [2.45, 2.75) is 19.1 Å². The largest absolute Gasteiger partial charge is 0.493 e. The number of halogens is 1. The molecule has 1 aromatic heterocycles. The molecule has 0 unspecified atom stereocenters. The van der Waals surface area contributed by atoms with Gasteiger partial charge < -0.3 is 14.8 Å². The van der Waals surface area contributed by atoms with Crippen LogP contribution in [-0.4, -0.2) is 20.7 Å². The lowest BCUT2D eigenvalue weighted by Crippen LogP contribution is -2.08. The summed E-state index contributed by atoms with van der Waals surface area (Å²) in [7, 11) is 0. The van der Waals surface area contributed by atoms with Gasteiger partial charge in [0.25, 0.3) is 5.91 Å². The zero-order valence-corrected chi connectivity index (χ0v) is 18.1. The van der Waals surface area contributed by atoms with Gasteiger partial charge in [0, 0.05) is 16.4 Å². The van der Waals surface area contributed by atoms with E-state index in [1.807, 2.05) is 48.5 Å². The predicted octanol–water partition coefficient (Wildman–Crippen LogP) is 5.70. The Morgan fingerprint density at radius 3 is 2.39 bits per heavy atom. The Hall–Kier alpha value is -3.29. The average molecular weight is 478 g/mol. The van der Waals surface area contributed by atoms with Crippen LogP contribution in [0.25, 0.3) is 10.9 Å². The fourth-order valence-corrected chi connectivity index (χ4v) is 3.80. The van der Waals surface area contributed by atoms with Crippen molar-refractivity contribution >= 4 is 38.4 Å². The van der Waals surface area contributed by atoms with E-state index in [1.165, 1.54) is 0 Å². The third-order valence-electron chi connectivity index (χ3n) is 5.04. The molecule has 4 rings (SSSR count). The van der Waals surface area contributed by atoms with Crippen molar-refractivity contribution in [3.8, 4) is 5.88 Å². The molecule has 3 aromatic carbocycles. The number of aliphatic hydroxyl groups excluding tert-OH is 1. The highest BCUT2D eigenvalue weighted by molar-refractivity contribution is 9.10. The summed E-state index contributed by atoms with van der Waals surface area (Å²) in [5.41, 5.74) is 2.55. The van der Waals surface area contributed by atoms with E-state index in [2.05, 4.69) is 26.2 Å². The van der Waals surface area contributed by atoms with Crippen molar-refractivity contribution in [2.75, 3.05) is 0 Å². The topological polar surface area (TPSA) is 87.2 Å². The summed E-state index contributed by atoms with van der Waals surface area (Å²) in [5, 5.41) is 29.5. The summed E-state index contributed by atoms with van der Waals surface area (Å²) in [4.78, 5) is 12.3. The summed E-state index contributed by atoms with van der Waals surface area (Å²) in [6, 6.07) is 24.1. The summed E-state index contributed by atoms with van der Waals surface area (Å²) in [6.07, 6.45) is -0.693. The molecule has 2 N–H and O–H groups in total. The molecule has 0 radical (unpaired) electrons. The number of carbonyl (C=O) groups excluding carboxylic acids is 1. The molecular weight excluding hydrogens is 458 g/mol. The van der Waals surface area contributed by atoms with E-state index in [1.54, 1.807) is 34.9 Å². The molecule has 1 atom stereocenters. The van der Waals surface area contributed by atoms with Crippen LogP contribution in [0, 0.1) is 0 Å². The Labute approximate surface area is 187 Å². The van der Waals surface area contributed by atoms with Crippen LogP contribution in [0.2, 0.25) is 0 Å². The third kappa shape index (κ3) is 4.57. The summed E-state index contributed by atoms with van der Waals surface area (Å²) < 4.78 is 2.56. The van der Waals surface area contributed by atoms with Gasteiger partial charge in [0.1, 0.15) is 0 Å². The van der Waals surface area contributed by atoms with E-state index < -0.39 is 12.0 Å². The van der Waals surface area contributed by atoms with Crippen LogP contribution < -0.4 is 0 Å². The third-order valence-corrected chi connectivity index (χ3v) is 5.53. The molecule has 0 spiro atoms. The lowest BCUT2D eigenvalue weighted by molar-refractivity contribution is -0.126. The zero-order valence-electron chi connectivity index (χ0n) is 16.5. The summed E-state index contributed by atoms with van der Waals surface area (Å²) in [5.74, 6) is -0.874. The Balaban J connectivity index is 1.65. The minimum Gasteiger partial charge on any atom is -0.493 e. The first-order valence-electron chi connectivity index (χ1n) is 9.78. The van der Waals surface area contributed by atoms with Gasteiger partial charge in [0.2, 0.25) is 5.88 Å². The van der Waals surface area contributed by atoms with Crippen molar-refractivity contribution in [1.29, 1.82) is 0 Å². The van der Waals surface area contributed by atoms with E-state index in [4.69, 9.17) is 0 Å². The SMILES string of the molecule is O=C(N=Nc1c(O)n(CCc2ccccc2)c2ccc(Br)cc12)[C@@H](O)c1ccccc1. The number of aliphatic hydroxyl groups is 1. The molecule has 6 nitrogen and oxygen atoms in total. The standard InChI is InChI=1S/C24H20BrN3O3/c25-18-11-12-20-19(15-18)21(24(31)28(20)14-13-16-7-3-1-4-8-16)26-27-23(30)22(29)17-9-5-2-6-10-17/h1-12,15,22,29,31H,13-14H2/t22-/m0/s1. The number of rotatable bonds is 6. The Bertz CT molecular complexity index is 1240. The number of nitrogens with zero attached hydrogens (tertiary/aromatic N) is 3. The number of fused-ring (bicyclic) bond motifs is 1. The normalized spacial score (nSPS) is 12.5. The number of aromatic nitrogens is 1. The van der Waals surface area contributed by atoms with Gasteiger partial charge in [0.05, 0.1) is 5.52 Å². The molecular formula is C24H20BrN3O3. The number of carbonyl (C=O) groups is 1. The van der Waals surface area contributed by atoms with Crippen molar-refractivity contribution < 1.29 is 15.0 Å². The fraction of sp³-hybridized carbons (Fsp3) is 0.125. The molecule has 7 heteroatoms. The van der Waals surface area contributed by atoms with Crippen molar-refractivity contribution in [2.24, 2.45) is 10.2 Å². The Kier molecular flexibility index (Phi) is 6.25. The second-order valence-corrected chi connectivity index (χ2v) is 7.99. The second kappa shape index (κ2) is 9.24. The van der Waals surface area contributed by atoms with Gasteiger partial charge in [0.15, 0.2) is 11.8 Å². The number of hydrogen-bond donors (Lipinski definition) is 2. The predicted molar refractivity (Wildman–Crippen MR) is 122 cm³/mol. The Morgan fingerprint density at radius 1 is 1.00 bits per heavy atom. The van der Waals surface area contributed by atoms with E-state index in [-0.39, 0.29) is 11.6 Å². The molecule has 1 amide bonds. The average Bonchev–Trinajstić information content (AvgIpc) is 3.06. The Morgan fingerprint density at radius 2 is 1.68 bits per heavy atom. The first-order chi connectivity index (χ1) is 15.0. The van der Waals surface area contributed by atoms with Crippen LogP contribution in [0.1, 0.15) is 17.2 Å². The van der Waals surface area contributed by atoms with Gasteiger partial charge in [-0.05, 0) is 35.7 Å². The maximum Gasteiger partial charge on any atom is 0.297 e. The smallest absolute Gasteiger partial charge is 0.297 e. The molecule has 0 aliphatic rings. The second-order valence-electron chi connectivity index (χ2n) is 7.07. The molecule has 31 heavy (non-hydrogen) atoms. The fourth-order valence-electron chi connectivity index (χ4n) is 3.44. The first kappa shape index (κ1) is 21.0. The highest BCUT2D eigenvalue weighted by atomic mass is 79.9. The molecule has 0 aliphatic heterocycles. The van der Waals surface area contributed by atoms with Crippen molar-refractivity contribution in [3.63, 3.8) is 0 Å². The lowest BCUT2D eigenvalue weighted by atomic mass is 10.1. The van der Waals surface area contributed by atoms with Crippen LogP contribution in [0.3, 0.4) is 0 Å². The molecule has 0 fully saturated rings. The summed E-state index contributed by atoms with van der Waals surface area (Å²) in [6.45, 7) is 0.532. The minimum absolute atomic E-state index is 0.0743. The quantitative estimate of drug-likeness (QED) is 0.349. The van der Waals surface area contributed by atoms with Gasteiger partial charge in [-0.2, -0.15) is 0 Å². The molecule has 4 aromatic rings. The number of benzene rings is 3. The van der Waals surface area contributed by atoms with Gasteiger partial charge >= 0.3 is 0 Å². The number of aryl methyl sites for hydroxylation is 2. The van der Waals surface area contributed by atoms with E-state index >= 15 is 0 Å². The highest BCUT2D eigenvalue weighted by Gasteiger charge is 2.20. The first-order valence-corrected chi connectivity index (χ1v) is 10.6. The van der Waals surface area contributed by atoms with E-state index in [0.717, 1.165) is 22.0 Å². The number of amides is 1.